The number of nitrogens with one attached hydrogen (secondary N) is 1. The Morgan fingerprint density at radius 3 is 2.86 bits per heavy atom. The van der Waals surface area contributed by atoms with Gasteiger partial charge in [-0.1, -0.05) is 12.1 Å². The number of ether oxygens (including phenoxy) is 1. The summed E-state index contributed by atoms with van der Waals surface area (Å²) in [6, 6.07) is 14.0. The van der Waals surface area contributed by atoms with Gasteiger partial charge >= 0.3 is 0 Å². The van der Waals surface area contributed by atoms with E-state index >= 15 is 0 Å². The average Bonchev–Trinajstić information content (AvgIpc) is 3.30. The highest BCUT2D eigenvalue weighted by molar-refractivity contribution is 7.89. The van der Waals surface area contributed by atoms with Crippen LogP contribution in [0.3, 0.4) is 0 Å². The van der Waals surface area contributed by atoms with Gasteiger partial charge < -0.3 is 9.64 Å². The van der Waals surface area contributed by atoms with Crippen LogP contribution in [-0.4, -0.2) is 59.2 Å². The van der Waals surface area contributed by atoms with Crippen LogP contribution in [0.5, 0.6) is 0 Å². The van der Waals surface area contributed by atoms with Crippen LogP contribution in [0.25, 0.3) is 10.1 Å². The van der Waals surface area contributed by atoms with Crippen molar-refractivity contribution in [3.8, 4) is 6.07 Å². The van der Waals surface area contributed by atoms with Crippen molar-refractivity contribution in [1.82, 2.24) is 9.62 Å². The SMILES string of the molecule is CNS(=O)(=O)c1ccc2c(c1)CCO[C@H]2CCN1CCN(c2csc3cc(C#N)ccc23)C[C@H]1C. The Labute approximate surface area is 211 Å². The van der Waals surface area contributed by atoms with Crippen molar-refractivity contribution < 1.29 is 13.2 Å². The number of nitrogens with zero attached hydrogens (tertiary/aromatic N) is 3. The summed E-state index contributed by atoms with van der Waals surface area (Å²) in [6.07, 6.45) is 1.61. The van der Waals surface area contributed by atoms with Gasteiger partial charge in [-0.15, -0.1) is 11.3 Å². The first-order valence-electron chi connectivity index (χ1n) is 12.0. The van der Waals surface area contributed by atoms with Gasteiger partial charge in [-0.3, -0.25) is 4.90 Å². The van der Waals surface area contributed by atoms with Crippen molar-refractivity contribution in [2.24, 2.45) is 0 Å². The molecule has 1 N–H and O–H groups in total. The molecule has 1 aromatic heterocycles. The van der Waals surface area contributed by atoms with Crippen LogP contribution in [0.1, 0.15) is 36.1 Å². The molecule has 3 heterocycles. The molecular formula is C26H30N4O3S2. The summed E-state index contributed by atoms with van der Waals surface area (Å²) >= 11 is 1.70. The second kappa shape index (κ2) is 9.88. The molecule has 0 unspecified atom stereocenters. The van der Waals surface area contributed by atoms with Gasteiger partial charge in [-0.2, -0.15) is 5.26 Å². The lowest BCUT2D eigenvalue weighted by atomic mass is 9.95. The number of rotatable bonds is 6. The Balaban J connectivity index is 1.23. The Hall–Kier alpha value is -2.48. The minimum absolute atomic E-state index is 0.00883. The molecule has 9 heteroatoms. The number of hydrogen-bond acceptors (Lipinski definition) is 7. The Bertz CT molecular complexity index is 1380. The zero-order valence-corrected chi connectivity index (χ0v) is 21.7. The fourth-order valence-electron chi connectivity index (χ4n) is 5.20. The molecule has 184 valence electrons. The standard InChI is InChI=1S/C26H30N4O3S2/c1-18-16-30(24-17-34-26-13-19(15-27)3-5-23(24)26)11-10-29(18)9-7-25-22-6-4-21(35(31,32)28-2)14-20(22)8-12-33-25/h3-6,13-14,17-18,25,28H,7-12,16H2,1-2H3/t18-,25+/m1/s1. The fraction of sp³-hybridized carbons (Fsp3) is 0.423. The Morgan fingerprint density at radius 2 is 2.09 bits per heavy atom. The second-order valence-corrected chi connectivity index (χ2v) is 12.0. The molecular weight excluding hydrogens is 480 g/mol. The van der Waals surface area contributed by atoms with E-state index in [9.17, 15) is 13.7 Å². The first kappa shape index (κ1) is 24.2. The lowest BCUT2D eigenvalue weighted by Gasteiger charge is -2.41. The maximum atomic E-state index is 12.2. The van der Waals surface area contributed by atoms with Gasteiger partial charge in [0.15, 0.2) is 0 Å². The smallest absolute Gasteiger partial charge is 0.240 e. The van der Waals surface area contributed by atoms with Gasteiger partial charge in [-0.25, -0.2) is 13.1 Å². The molecule has 1 fully saturated rings. The molecule has 2 aliphatic rings. The van der Waals surface area contributed by atoms with E-state index in [2.05, 4.69) is 39.0 Å². The first-order valence-corrected chi connectivity index (χ1v) is 14.3. The third-order valence-corrected chi connectivity index (χ3v) is 9.54. The molecule has 0 spiro atoms. The van der Waals surface area contributed by atoms with Crippen LogP contribution in [-0.2, 0) is 21.2 Å². The molecule has 2 aliphatic heterocycles. The van der Waals surface area contributed by atoms with Crippen LogP contribution in [0.2, 0.25) is 0 Å². The monoisotopic (exact) mass is 510 g/mol. The van der Waals surface area contributed by atoms with Crippen LogP contribution in [0.15, 0.2) is 46.7 Å². The molecule has 35 heavy (non-hydrogen) atoms. The Kier molecular flexibility index (Phi) is 6.84. The lowest BCUT2D eigenvalue weighted by Crippen LogP contribution is -2.52. The third kappa shape index (κ3) is 4.82. The predicted molar refractivity (Wildman–Crippen MR) is 139 cm³/mol. The minimum atomic E-state index is -3.44. The molecule has 0 radical (unpaired) electrons. The minimum Gasteiger partial charge on any atom is -0.373 e. The molecule has 5 rings (SSSR count). The number of nitriles is 1. The van der Waals surface area contributed by atoms with Crippen LogP contribution < -0.4 is 9.62 Å². The highest BCUT2D eigenvalue weighted by Gasteiger charge is 2.28. The number of thiophene rings is 1. The van der Waals surface area contributed by atoms with Crippen molar-refractivity contribution in [2.45, 2.75) is 36.8 Å². The van der Waals surface area contributed by atoms with Gasteiger partial charge in [0.2, 0.25) is 10.0 Å². The normalized spacial score (nSPS) is 21.1. The maximum Gasteiger partial charge on any atom is 0.240 e. The molecule has 2 aromatic carbocycles. The van der Waals surface area contributed by atoms with Crippen molar-refractivity contribution in [3.05, 3.63) is 58.5 Å². The molecule has 0 saturated carbocycles. The van der Waals surface area contributed by atoms with Crippen molar-refractivity contribution >= 4 is 37.1 Å². The highest BCUT2D eigenvalue weighted by atomic mass is 32.2. The summed E-state index contributed by atoms with van der Waals surface area (Å²) in [5.74, 6) is 0. The molecule has 1 saturated heterocycles. The zero-order chi connectivity index (χ0) is 24.6. The molecule has 0 aliphatic carbocycles. The maximum absolute atomic E-state index is 12.2. The molecule has 3 aromatic rings. The lowest BCUT2D eigenvalue weighted by molar-refractivity contribution is 0.0254. The topological polar surface area (TPSA) is 85.7 Å². The molecule has 7 nitrogen and oxygen atoms in total. The number of anilines is 1. The van der Waals surface area contributed by atoms with E-state index in [-0.39, 0.29) is 6.10 Å². The van der Waals surface area contributed by atoms with Crippen LogP contribution >= 0.6 is 11.3 Å². The summed E-state index contributed by atoms with van der Waals surface area (Å²) in [7, 11) is -2.01. The summed E-state index contributed by atoms with van der Waals surface area (Å²) < 4.78 is 34.0. The average molecular weight is 511 g/mol. The van der Waals surface area contributed by atoms with E-state index in [0.717, 1.165) is 54.8 Å². The number of hydrogen-bond donors (Lipinski definition) is 1. The van der Waals surface area contributed by atoms with Gasteiger partial charge in [0.1, 0.15) is 0 Å². The molecule has 0 bridgehead atoms. The van der Waals surface area contributed by atoms with E-state index in [4.69, 9.17) is 4.74 Å². The highest BCUT2D eigenvalue weighted by Crippen LogP contribution is 2.35. The Morgan fingerprint density at radius 1 is 1.23 bits per heavy atom. The van der Waals surface area contributed by atoms with Crippen LogP contribution in [0.4, 0.5) is 5.69 Å². The van der Waals surface area contributed by atoms with E-state index in [0.29, 0.717) is 23.1 Å². The van der Waals surface area contributed by atoms with Gasteiger partial charge in [-0.05, 0) is 62.2 Å². The van der Waals surface area contributed by atoms with Gasteiger partial charge in [0.25, 0.3) is 0 Å². The summed E-state index contributed by atoms with van der Waals surface area (Å²) in [5, 5.41) is 12.6. The number of sulfonamides is 1. The second-order valence-electron chi connectivity index (χ2n) is 9.24. The number of fused-ring (bicyclic) bond motifs is 2. The van der Waals surface area contributed by atoms with Gasteiger partial charge in [0, 0.05) is 47.7 Å². The van der Waals surface area contributed by atoms with Crippen molar-refractivity contribution in [1.29, 1.82) is 5.26 Å². The van der Waals surface area contributed by atoms with Gasteiger partial charge in [0.05, 0.1) is 34.9 Å². The fourth-order valence-corrected chi connectivity index (χ4v) is 6.98. The largest absolute Gasteiger partial charge is 0.373 e. The molecule has 0 amide bonds. The van der Waals surface area contributed by atoms with E-state index in [1.165, 1.54) is 18.1 Å². The van der Waals surface area contributed by atoms with E-state index in [1.54, 1.807) is 23.5 Å². The first-order chi connectivity index (χ1) is 16.9. The third-order valence-electron chi connectivity index (χ3n) is 7.20. The van der Waals surface area contributed by atoms with Crippen molar-refractivity contribution in [2.75, 3.05) is 44.7 Å². The van der Waals surface area contributed by atoms with Crippen molar-refractivity contribution in [3.63, 3.8) is 0 Å². The summed E-state index contributed by atoms with van der Waals surface area (Å²) in [5.41, 5.74) is 4.15. The zero-order valence-electron chi connectivity index (χ0n) is 20.0. The molecule has 2 atom stereocenters. The van der Waals surface area contributed by atoms with Crippen LogP contribution in [0, 0.1) is 11.3 Å². The quantitative estimate of drug-likeness (QED) is 0.542. The number of benzene rings is 2. The predicted octanol–water partition coefficient (Wildman–Crippen LogP) is 3.90. The number of piperazine rings is 1. The van der Waals surface area contributed by atoms with E-state index < -0.39 is 10.0 Å². The summed E-state index contributed by atoms with van der Waals surface area (Å²) in [6.45, 7) is 6.73. The summed E-state index contributed by atoms with van der Waals surface area (Å²) in [4.78, 5) is 5.30. The van der Waals surface area contributed by atoms with E-state index in [1.807, 2.05) is 18.2 Å².